The Morgan fingerprint density at radius 1 is 1.09 bits per heavy atom. The fraction of sp³-hybridized carbons (Fsp3) is 1.00. The quantitative estimate of drug-likeness (QED) is 0.516. The van der Waals surface area contributed by atoms with Gasteiger partial charge in [0.1, 0.15) is 0 Å². The molecule has 0 spiro atoms. The largest absolute Gasteiger partial charge is 0.300 e. The van der Waals surface area contributed by atoms with Crippen LogP contribution in [0.25, 0.3) is 0 Å². The Morgan fingerprint density at radius 3 is 2.91 bits per heavy atom. The molecule has 2 fully saturated rings. The van der Waals surface area contributed by atoms with Crippen LogP contribution in [0.2, 0.25) is 0 Å². The molecule has 2 rings (SSSR count). The van der Waals surface area contributed by atoms with Crippen LogP contribution in [0.5, 0.6) is 0 Å². The molecule has 11 heavy (non-hydrogen) atoms. The second kappa shape index (κ2) is 3.14. The van der Waals surface area contributed by atoms with E-state index in [-0.39, 0.29) is 0 Å². The van der Waals surface area contributed by atoms with E-state index in [1.54, 1.807) is 0 Å². The SMILES string of the molecule is CC1CCC2CCCCN2C1. The van der Waals surface area contributed by atoms with Crippen molar-refractivity contribution >= 4 is 0 Å². The molecule has 2 saturated heterocycles. The zero-order valence-electron chi connectivity index (χ0n) is 7.55. The zero-order valence-corrected chi connectivity index (χ0v) is 7.55. The molecule has 1 heteroatoms. The maximum absolute atomic E-state index is 2.72. The van der Waals surface area contributed by atoms with Crippen molar-refractivity contribution in [1.29, 1.82) is 0 Å². The van der Waals surface area contributed by atoms with Crippen LogP contribution in [-0.4, -0.2) is 24.0 Å². The molecule has 2 heterocycles. The fourth-order valence-corrected chi connectivity index (χ4v) is 2.60. The molecule has 1 nitrogen and oxygen atoms in total. The highest BCUT2D eigenvalue weighted by molar-refractivity contribution is 4.82. The molecule has 0 aromatic carbocycles. The summed E-state index contributed by atoms with van der Waals surface area (Å²) in [6.07, 6.45) is 7.35. The third kappa shape index (κ3) is 1.58. The standard InChI is InChI=1S/C10H19N/c1-9-5-6-10-4-2-3-7-11(10)8-9/h9-10H,2-8H2,1H3. The van der Waals surface area contributed by atoms with E-state index in [4.69, 9.17) is 0 Å². The fourth-order valence-electron chi connectivity index (χ4n) is 2.60. The molecule has 2 aliphatic heterocycles. The molecule has 0 N–H and O–H groups in total. The van der Waals surface area contributed by atoms with E-state index >= 15 is 0 Å². The lowest BCUT2D eigenvalue weighted by atomic mass is 9.88. The average molecular weight is 153 g/mol. The minimum absolute atomic E-state index is 0.962. The van der Waals surface area contributed by atoms with E-state index in [1.807, 2.05) is 0 Å². The van der Waals surface area contributed by atoms with Crippen molar-refractivity contribution in [2.45, 2.75) is 45.1 Å². The lowest BCUT2D eigenvalue weighted by molar-refractivity contribution is 0.0808. The van der Waals surface area contributed by atoms with Crippen molar-refractivity contribution in [2.75, 3.05) is 13.1 Å². The number of hydrogen-bond donors (Lipinski definition) is 0. The first-order chi connectivity index (χ1) is 5.36. The van der Waals surface area contributed by atoms with Gasteiger partial charge in [-0.2, -0.15) is 0 Å². The number of piperidine rings is 2. The molecule has 0 aromatic heterocycles. The maximum Gasteiger partial charge on any atom is 0.00954 e. The Labute approximate surface area is 69.8 Å². The zero-order chi connectivity index (χ0) is 7.68. The Bertz CT molecular complexity index is 133. The summed E-state index contributed by atoms with van der Waals surface area (Å²) < 4.78 is 0. The summed E-state index contributed by atoms with van der Waals surface area (Å²) in [7, 11) is 0. The second-order valence-corrected chi connectivity index (χ2v) is 4.33. The molecule has 0 amide bonds. The predicted octanol–water partition coefficient (Wildman–Crippen LogP) is 2.27. The summed E-state index contributed by atoms with van der Waals surface area (Å²) in [5.41, 5.74) is 0. The van der Waals surface area contributed by atoms with Crippen LogP contribution >= 0.6 is 0 Å². The third-order valence-electron chi connectivity index (χ3n) is 3.29. The first-order valence-electron chi connectivity index (χ1n) is 5.10. The highest BCUT2D eigenvalue weighted by Gasteiger charge is 2.27. The third-order valence-corrected chi connectivity index (χ3v) is 3.29. The molecule has 64 valence electrons. The molecule has 0 aromatic rings. The van der Waals surface area contributed by atoms with Crippen molar-refractivity contribution in [3.8, 4) is 0 Å². The van der Waals surface area contributed by atoms with Crippen molar-refractivity contribution in [2.24, 2.45) is 5.92 Å². The lowest BCUT2D eigenvalue weighted by Gasteiger charge is -2.41. The Kier molecular flexibility index (Phi) is 2.17. The summed E-state index contributed by atoms with van der Waals surface area (Å²) in [6, 6.07) is 0.972. The van der Waals surface area contributed by atoms with Gasteiger partial charge in [-0.1, -0.05) is 13.3 Å². The van der Waals surface area contributed by atoms with Crippen molar-refractivity contribution < 1.29 is 0 Å². The maximum atomic E-state index is 2.72. The van der Waals surface area contributed by atoms with Crippen LogP contribution in [0.4, 0.5) is 0 Å². The molecule has 2 aliphatic rings. The Morgan fingerprint density at radius 2 is 2.00 bits per heavy atom. The number of nitrogens with zero attached hydrogens (tertiary/aromatic N) is 1. The van der Waals surface area contributed by atoms with Gasteiger partial charge in [-0.3, -0.25) is 0 Å². The van der Waals surface area contributed by atoms with Crippen LogP contribution in [0.3, 0.4) is 0 Å². The number of hydrogen-bond acceptors (Lipinski definition) is 1. The average Bonchev–Trinajstić information content (AvgIpc) is 2.04. The van der Waals surface area contributed by atoms with Gasteiger partial charge in [-0.05, 0) is 38.1 Å². The lowest BCUT2D eigenvalue weighted by Crippen LogP contribution is -2.45. The summed E-state index contributed by atoms with van der Waals surface area (Å²) in [5, 5.41) is 0. The Hall–Kier alpha value is -0.0400. The van der Waals surface area contributed by atoms with Crippen LogP contribution in [0.15, 0.2) is 0 Å². The van der Waals surface area contributed by atoms with Crippen LogP contribution in [0, 0.1) is 5.92 Å². The van der Waals surface area contributed by atoms with Gasteiger partial charge in [0, 0.05) is 12.6 Å². The van der Waals surface area contributed by atoms with Gasteiger partial charge in [-0.25, -0.2) is 0 Å². The second-order valence-electron chi connectivity index (χ2n) is 4.33. The van der Waals surface area contributed by atoms with Gasteiger partial charge in [0.25, 0.3) is 0 Å². The first kappa shape index (κ1) is 7.60. The summed E-state index contributed by atoms with van der Waals surface area (Å²) >= 11 is 0. The highest BCUT2D eigenvalue weighted by atomic mass is 15.2. The van der Waals surface area contributed by atoms with E-state index in [1.165, 1.54) is 45.2 Å². The number of fused-ring (bicyclic) bond motifs is 1. The van der Waals surface area contributed by atoms with E-state index in [2.05, 4.69) is 11.8 Å². The topological polar surface area (TPSA) is 3.24 Å². The molecule has 0 aliphatic carbocycles. The van der Waals surface area contributed by atoms with Crippen molar-refractivity contribution in [3.63, 3.8) is 0 Å². The molecule has 2 unspecified atom stereocenters. The minimum Gasteiger partial charge on any atom is -0.300 e. The highest BCUT2D eigenvalue weighted by Crippen LogP contribution is 2.28. The van der Waals surface area contributed by atoms with Gasteiger partial charge in [0.15, 0.2) is 0 Å². The van der Waals surface area contributed by atoms with E-state index in [0.29, 0.717) is 0 Å². The van der Waals surface area contributed by atoms with E-state index in [0.717, 1.165) is 12.0 Å². The van der Waals surface area contributed by atoms with Gasteiger partial charge in [-0.15, -0.1) is 0 Å². The first-order valence-corrected chi connectivity index (χ1v) is 5.10. The van der Waals surface area contributed by atoms with Gasteiger partial charge in [0.2, 0.25) is 0 Å². The predicted molar refractivity (Wildman–Crippen MR) is 47.6 cm³/mol. The Balaban J connectivity index is 1.93. The van der Waals surface area contributed by atoms with Crippen molar-refractivity contribution in [3.05, 3.63) is 0 Å². The summed E-state index contributed by atoms with van der Waals surface area (Å²) in [4.78, 5) is 2.72. The molecular formula is C10H19N. The molecule has 0 bridgehead atoms. The van der Waals surface area contributed by atoms with Crippen molar-refractivity contribution in [1.82, 2.24) is 4.90 Å². The summed E-state index contributed by atoms with van der Waals surface area (Å²) in [6.45, 7) is 5.16. The minimum atomic E-state index is 0.962. The molecule has 2 atom stereocenters. The van der Waals surface area contributed by atoms with Gasteiger partial charge >= 0.3 is 0 Å². The molecular weight excluding hydrogens is 134 g/mol. The van der Waals surface area contributed by atoms with Gasteiger partial charge in [0.05, 0.1) is 0 Å². The van der Waals surface area contributed by atoms with E-state index < -0.39 is 0 Å². The van der Waals surface area contributed by atoms with Crippen LogP contribution in [0.1, 0.15) is 39.0 Å². The summed E-state index contributed by atoms with van der Waals surface area (Å²) in [5.74, 6) is 0.962. The number of rotatable bonds is 0. The molecule has 0 saturated carbocycles. The smallest absolute Gasteiger partial charge is 0.00954 e. The normalized spacial score (nSPS) is 40.1. The van der Waals surface area contributed by atoms with Crippen LogP contribution in [-0.2, 0) is 0 Å². The van der Waals surface area contributed by atoms with E-state index in [9.17, 15) is 0 Å². The van der Waals surface area contributed by atoms with Gasteiger partial charge < -0.3 is 4.90 Å². The monoisotopic (exact) mass is 153 g/mol. The van der Waals surface area contributed by atoms with Crippen LogP contribution < -0.4 is 0 Å². The molecule has 0 radical (unpaired) electrons.